The molecule has 0 heterocycles. The molecule has 1 aromatic carbocycles. The quantitative estimate of drug-likeness (QED) is 0.446. The van der Waals surface area contributed by atoms with Crippen LogP contribution in [-0.4, -0.2) is 35.6 Å². The van der Waals surface area contributed by atoms with Gasteiger partial charge in [0.2, 0.25) is 5.91 Å². The lowest BCUT2D eigenvalue weighted by atomic mass is 9.84. The summed E-state index contributed by atoms with van der Waals surface area (Å²) >= 11 is 5.91. The van der Waals surface area contributed by atoms with E-state index in [0.717, 1.165) is 31.2 Å². The first-order chi connectivity index (χ1) is 14.8. The van der Waals surface area contributed by atoms with Crippen LogP contribution < -0.4 is 5.32 Å². The minimum atomic E-state index is -0.990. The van der Waals surface area contributed by atoms with Crippen molar-refractivity contribution in [2.24, 2.45) is 11.8 Å². The molecule has 6 nitrogen and oxygen atoms in total. The van der Waals surface area contributed by atoms with Crippen molar-refractivity contribution in [3.05, 3.63) is 34.9 Å². The van der Waals surface area contributed by atoms with Crippen molar-refractivity contribution in [2.75, 3.05) is 6.61 Å². The molecule has 0 spiro atoms. The van der Waals surface area contributed by atoms with Crippen molar-refractivity contribution in [1.29, 1.82) is 0 Å². The predicted molar refractivity (Wildman–Crippen MR) is 120 cm³/mol. The number of halogens is 1. The summed E-state index contributed by atoms with van der Waals surface area (Å²) in [5, 5.41) is 12.9. The molecule has 1 aliphatic rings. The molecule has 1 fully saturated rings. The van der Waals surface area contributed by atoms with Gasteiger partial charge in [0.15, 0.2) is 0 Å². The Balaban J connectivity index is 1.93. The summed E-state index contributed by atoms with van der Waals surface area (Å²) in [5.74, 6) is -1.76. The highest BCUT2D eigenvalue weighted by atomic mass is 35.5. The van der Waals surface area contributed by atoms with Crippen LogP contribution in [0.1, 0.15) is 70.3 Å². The maximum Gasteiger partial charge on any atom is 0.304 e. The predicted octanol–water partition coefficient (Wildman–Crippen LogP) is 4.77. The highest BCUT2D eigenvalue weighted by Gasteiger charge is 2.26. The van der Waals surface area contributed by atoms with E-state index in [1.807, 2.05) is 24.3 Å². The van der Waals surface area contributed by atoms with Crippen LogP contribution in [0.2, 0.25) is 5.02 Å². The molecular weight excluding hydrogens is 418 g/mol. The number of rotatable bonds is 12. The van der Waals surface area contributed by atoms with Crippen LogP contribution in [-0.2, 0) is 25.5 Å². The third kappa shape index (κ3) is 10.2. The molecule has 0 bridgehead atoms. The number of hydrogen-bond acceptors (Lipinski definition) is 4. The number of ether oxygens (including phenoxy) is 1. The van der Waals surface area contributed by atoms with E-state index >= 15 is 0 Å². The molecule has 0 radical (unpaired) electrons. The second kappa shape index (κ2) is 13.4. The van der Waals surface area contributed by atoms with E-state index in [9.17, 15) is 19.5 Å². The number of carbonyl (C=O) groups excluding carboxylic acids is 2. The third-order valence-corrected chi connectivity index (χ3v) is 6.15. The van der Waals surface area contributed by atoms with E-state index < -0.39 is 11.9 Å². The van der Waals surface area contributed by atoms with Crippen LogP contribution in [0.25, 0.3) is 0 Å². The Labute approximate surface area is 189 Å². The first kappa shape index (κ1) is 25.2. The zero-order valence-corrected chi connectivity index (χ0v) is 19.0. The van der Waals surface area contributed by atoms with E-state index in [2.05, 4.69) is 5.32 Å². The molecule has 0 saturated heterocycles. The van der Waals surface area contributed by atoms with E-state index in [4.69, 9.17) is 16.3 Å². The Morgan fingerprint density at radius 2 is 1.84 bits per heavy atom. The van der Waals surface area contributed by atoms with Gasteiger partial charge in [-0.15, -0.1) is 0 Å². The third-order valence-electron chi connectivity index (χ3n) is 5.90. The number of aryl methyl sites for hydroxylation is 1. The van der Waals surface area contributed by atoms with Crippen LogP contribution in [0.15, 0.2) is 24.3 Å². The fourth-order valence-electron chi connectivity index (χ4n) is 4.27. The summed E-state index contributed by atoms with van der Waals surface area (Å²) in [4.78, 5) is 35.6. The number of hydrogen-bond donors (Lipinski definition) is 2. The summed E-state index contributed by atoms with van der Waals surface area (Å²) in [6.07, 6.45) is 8.31. The van der Waals surface area contributed by atoms with Crippen molar-refractivity contribution < 1.29 is 24.2 Å². The molecule has 0 aliphatic heterocycles. The molecule has 1 aromatic rings. The van der Waals surface area contributed by atoms with Gasteiger partial charge in [-0.2, -0.15) is 0 Å². The van der Waals surface area contributed by atoms with Crippen molar-refractivity contribution in [3.8, 4) is 0 Å². The second-order valence-corrected chi connectivity index (χ2v) is 9.00. The second-order valence-electron chi connectivity index (χ2n) is 8.56. The van der Waals surface area contributed by atoms with Gasteiger partial charge in [-0.25, -0.2) is 0 Å². The first-order valence-corrected chi connectivity index (χ1v) is 11.6. The molecule has 1 amide bonds. The van der Waals surface area contributed by atoms with Gasteiger partial charge in [-0.3, -0.25) is 14.4 Å². The maximum atomic E-state index is 12.9. The van der Waals surface area contributed by atoms with Crippen LogP contribution in [0.3, 0.4) is 0 Å². The number of amides is 1. The number of aliphatic carboxylic acids is 1. The SMILES string of the molecule is CC(=O)OC[C@H](CC1CCCCC1)NC(=O)[C@H](CCCc1ccc(Cl)cc1)CC(=O)O. The van der Waals surface area contributed by atoms with E-state index in [-0.39, 0.29) is 30.9 Å². The molecule has 2 rings (SSSR count). The van der Waals surface area contributed by atoms with Crippen molar-refractivity contribution in [3.63, 3.8) is 0 Å². The standard InChI is InChI=1S/C24H34ClNO5/c1-17(27)31-16-22(14-19-6-3-2-4-7-19)26-24(30)20(15-23(28)29)9-5-8-18-10-12-21(25)13-11-18/h10-13,19-20,22H,2-9,14-16H2,1H3,(H,26,30)(H,28,29)/t20-,22+/m1/s1. The summed E-state index contributed by atoms with van der Waals surface area (Å²) < 4.78 is 5.18. The van der Waals surface area contributed by atoms with Crippen LogP contribution in [0.4, 0.5) is 0 Å². The van der Waals surface area contributed by atoms with Crippen LogP contribution >= 0.6 is 11.6 Å². The molecule has 0 aromatic heterocycles. The monoisotopic (exact) mass is 451 g/mol. The lowest BCUT2D eigenvalue weighted by Crippen LogP contribution is -2.43. The van der Waals surface area contributed by atoms with Gasteiger partial charge in [0.25, 0.3) is 0 Å². The molecule has 1 aliphatic carbocycles. The first-order valence-electron chi connectivity index (χ1n) is 11.2. The summed E-state index contributed by atoms with van der Waals surface area (Å²) in [6.45, 7) is 1.48. The molecule has 2 N–H and O–H groups in total. The Morgan fingerprint density at radius 3 is 2.45 bits per heavy atom. The Hall–Kier alpha value is -2.08. The summed E-state index contributed by atoms with van der Waals surface area (Å²) in [5.41, 5.74) is 1.10. The van der Waals surface area contributed by atoms with Gasteiger partial charge in [-0.1, -0.05) is 55.8 Å². The topological polar surface area (TPSA) is 92.7 Å². The van der Waals surface area contributed by atoms with E-state index in [1.54, 1.807) is 0 Å². The molecule has 0 unspecified atom stereocenters. The minimum absolute atomic E-state index is 0.127. The Morgan fingerprint density at radius 1 is 1.16 bits per heavy atom. The normalized spacial score (nSPS) is 16.3. The average Bonchev–Trinajstić information content (AvgIpc) is 2.73. The van der Waals surface area contributed by atoms with Crippen LogP contribution in [0, 0.1) is 11.8 Å². The summed E-state index contributed by atoms with van der Waals surface area (Å²) in [7, 11) is 0. The fourth-order valence-corrected chi connectivity index (χ4v) is 4.40. The number of carboxylic acid groups (broad SMARTS) is 1. The largest absolute Gasteiger partial charge is 0.481 e. The molecule has 172 valence electrons. The lowest BCUT2D eigenvalue weighted by Gasteiger charge is -2.28. The Kier molecular flexibility index (Phi) is 10.9. The lowest BCUT2D eigenvalue weighted by molar-refractivity contribution is -0.143. The van der Waals surface area contributed by atoms with Crippen molar-refractivity contribution >= 4 is 29.4 Å². The number of carboxylic acids is 1. The number of nitrogens with one attached hydrogen (secondary N) is 1. The van der Waals surface area contributed by atoms with E-state index in [1.165, 1.54) is 26.2 Å². The smallest absolute Gasteiger partial charge is 0.304 e. The molecule has 2 atom stereocenters. The zero-order valence-electron chi connectivity index (χ0n) is 18.3. The molecular formula is C24H34ClNO5. The zero-order chi connectivity index (χ0) is 22.6. The molecule has 1 saturated carbocycles. The minimum Gasteiger partial charge on any atom is -0.481 e. The van der Waals surface area contributed by atoms with Gasteiger partial charge >= 0.3 is 11.9 Å². The maximum absolute atomic E-state index is 12.9. The van der Waals surface area contributed by atoms with E-state index in [0.29, 0.717) is 23.8 Å². The van der Waals surface area contributed by atoms with Gasteiger partial charge < -0.3 is 15.2 Å². The molecule has 7 heteroatoms. The average molecular weight is 452 g/mol. The fraction of sp³-hybridized carbons (Fsp3) is 0.625. The van der Waals surface area contributed by atoms with Gasteiger partial charge in [-0.05, 0) is 49.3 Å². The highest BCUT2D eigenvalue weighted by molar-refractivity contribution is 6.30. The van der Waals surface area contributed by atoms with Gasteiger partial charge in [0.05, 0.1) is 12.5 Å². The highest BCUT2D eigenvalue weighted by Crippen LogP contribution is 2.27. The van der Waals surface area contributed by atoms with Crippen molar-refractivity contribution in [1.82, 2.24) is 5.32 Å². The number of esters is 1. The number of carbonyl (C=O) groups is 3. The summed E-state index contributed by atoms with van der Waals surface area (Å²) in [6, 6.07) is 7.24. The van der Waals surface area contributed by atoms with Crippen LogP contribution in [0.5, 0.6) is 0 Å². The molecule has 31 heavy (non-hydrogen) atoms. The van der Waals surface area contributed by atoms with Crippen molar-refractivity contribution in [2.45, 2.75) is 77.2 Å². The Bertz CT molecular complexity index is 715. The van der Waals surface area contributed by atoms with Gasteiger partial charge in [0.1, 0.15) is 6.61 Å². The van der Waals surface area contributed by atoms with Gasteiger partial charge in [0, 0.05) is 17.9 Å². The number of benzene rings is 1.